The lowest BCUT2D eigenvalue weighted by Gasteiger charge is -2.04. The Kier molecular flexibility index (Phi) is 5.81. The van der Waals surface area contributed by atoms with Crippen LogP contribution >= 0.6 is 0 Å². The van der Waals surface area contributed by atoms with Crippen LogP contribution in [0, 0.1) is 13.8 Å². The highest BCUT2D eigenvalue weighted by Crippen LogP contribution is 2.23. The average molecular weight is 296 g/mol. The summed E-state index contributed by atoms with van der Waals surface area (Å²) in [5, 5.41) is 8.75. The molecule has 4 heteroatoms. The first kappa shape index (κ1) is 16.3. The van der Waals surface area contributed by atoms with E-state index in [9.17, 15) is 0 Å². The molecule has 0 aromatic heterocycles. The van der Waals surface area contributed by atoms with Crippen molar-refractivity contribution in [1.29, 1.82) is 0 Å². The molecule has 0 aliphatic heterocycles. The largest absolute Gasteiger partial charge is 0.330 e. The molecule has 0 aliphatic rings. The van der Waals surface area contributed by atoms with E-state index in [-0.39, 0.29) is 0 Å². The molecular weight excluding hydrogens is 272 g/mol. The monoisotopic (exact) mass is 296 g/mol. The highest BCUT2D eigenvalue weighted by molar-refractivity contribution is 5.46. The number of nitrogens with two attached hydrogens (primary N) is 2. The SMILES string of the molecule is Cc1cc(CCN)cc(N=Nc2cc(C)cc(CCN)c2)c1. The van der Waals surface area contributed by atoms with Gasteiger partial charge in [0.15, 0.2) is 0 Å². The zero-order chi connectivity index (χ0) is 15.9. The molecule has 4 nitrogen and oxygen atoms in total. The summed E-state index contributed by atoms with van der Waals surface area (Å²) in [5.41, 5.74) is 17.7. The Morgan fingerprint density at radius 1 is 0.682 bits per heavy atom. The molecule has 0 saturated heterocycles. The molecule has 116 valence electrons. The van der Waals surface area contributed by atoms with Crippen molar-refractivity contribution in [2.24, 2.45) is 21.7 Å². The highest BCUT2D eigenvalue weighted by Gasteiger charge is 2.00. The Bertz CT molecular complexity index is 605. The van der Waals surface area contributed by atoms with E-state index in [2.05, 4.69) is 36.2 Å². The van der Waals surface area contributed by atoms with E-state index < -0.39 is 0 Å². The second kappa shape index (κ2) is 7.82. The van der Waals surface area contributed by atoms with Crippen LogP contribution in [0.4, 0.5) is 11.4 Å². The molecule has 2 aromatic rings. The summed E-state index contributed by atoms with van der Waals surface area (Å²) in [5.74, 6) is 0. The van der Waals surface area contributed by atoms with E-state index in [1.165, 1.54) is 22.3 Å². The number of azo groups is 1. The minimum Gasteiger partial charge on any atom is -0.330 e. The van der Waals surface area contributed by atoms with Gasteiger partial charge in [-0.2, -0.15) is 10.2 Å². The quantitative estimate of drug-likeness (QED) is 0.797. The standard InChI is InChI=1S/C18H24N4/c1-13-7-15(3-5-19)11-17(9-13)21-22-18-10-14(2)8-16(12-18)4-6-20/h7-12H,3-6,19-20H2,1-2H3. The second-order valence-electron chi connectivity index (χ2n) is 5.63. The molecule has 0 bridgehead atoms. The second-order valence-corrected chi connectivity index (χ2v) is 5.63. The fourth-order valence-corrected chi connectivity index (χ4v) is 2.53. The van der Waals surface area contributed by atoms with Crippen LogP contribution in [0.2, 0.25) is 0 Å². The summed E-state index contributed by atoms with van der Waals surface area (Å²) in [4.78, 5) is 0. The molecule has 0 fully saturated rings. The number of hydrogen-bond acceptors (Lipinski definition) is 4. The lowest BCUT2D eigenvalue weighted by molar-refractivity contribution is 0.963. The van der Waals surface area contributed by atoms with E-state index >= 15 is 0 Å². The van der Waals surface area contributed by atoms with Gasteiger partial charge in [0.1, 0.15) is 0 Å². The molecule has 0 atom stereocenters. The van der Waals surface area contributed by atoms with Crippen molar-refractivity contribution in [3.05, 3.63) is 58.7 Å². The van der Waals surface area contributed by atoms with Crippen molar-refractivity contribution < 1.29 is 0 Å². The molecule has 2 rings (SSSR count). The van der Waals surface area contributed by atoms with Gasteiger partial charge in [0, 0.05) is 0 Å². The first-order chi connectivity index (χ1) is 10.6. The number of benzene rings is 2. The lowest BCUT2D eigenvalue weighted by Crippen LogP contribution is -2.02. The Hall–Kier alpha value is -2.04. The van der Waals surface area contributed by atoms with E-state index in [0.29, 0.717) is 13.1 Å². The zero-order valence-corrected chi connectivity index (χ0v) is 13.3. The molecule has 0 spiro atoms. The maximum absolute atomic E-state index is 5.62. The smallest absolute Gasteiger partial charge is 0.0862 e. The van der Waals surface area contributed by atoms with Crippen molar-refractivity contribution in [3.63, 3.8) is 0 Å². The van der Waals surface area contributed by atoms with Crippen molar-refractivity contribution in [3.8, 4) is 0 Å². The summed E-state index contributed by atoms with van der Waals surface area (Å²) in [6.07, 6.45) is 1.71. The van der Waals surface area contributed by atoms with Gasteiger partial charge in [-0.3, -0.25) is 0 Å². The van der Waals surface area contributed by atoms with E-state index in [1.54, 1.807) is 0 Å². The number of hydrogen-bond donors (Lipinski definition) is 2. The van der Waals surface area contributed by atoms with Gasteiger partial charge in [-0.15, -0.1) is 0 Å². The molecule has 0 aliphatic carbocycles. The molecule has 0 amide bonds. The average Bonchev–Trinajstić information content (AvgIpc) is 2.45. The topological polar surface area (TPSA) is 76.8 Å². The summed E-state index contributed by atoms with van der Waals surface area (Å²) in [6, 6.07) is 12.4. The molecule has 0 saturated carbocycles. The van der Waals surface area contributed by atoms with Gasteiger partial charge in [0.2, 0.25) is 0 Å². The minimum atomic E-state index is 0.639. The number of rotatable bonds is 6. The third-order valence-corrected chi connectivity index (χ3v) is 3.39. The first-order valence-corrected chi connectivity index (χ1v) is 7.63. The van der Waals surface area contributed by atoms with E-state index in [4.69, 9.17) is 11.5 Å². The van der Waals surface area contributed by atoms with Crippen LogP contribution in [0.5, 0.6) is 0 Å². The van der Waals surface area contributed by atoms with Crippen LogP contribution in [0.25, 0.3) is 0 Å². The van der Waals surface area contributed by atoms with Gasteiger partial charge < -0.3 is 11.5 Å². The van der Waals surface area contributed by atoms with Crippen LogP contribution in [0.1, 0.15) is 22.3 Å². The Morgan fingerprint density at radius 2 is 1.09 bits per heavy atom. The maximum Gasteiger partial charge on any atom is 0.0862 e. The molecule has 0 radical (unpaired) electrons. The van der Waals surface area contributed by atoms with Crippen LogP contribution in [-0.2, 0) is 12.8 Å². The zero-order valence-electron chi connectivity index (χ0n) is 13.3. The predicted octanol–water partition coefficient (Wildman–Crippen LogP) is 3.72. The van der Waals surface area contributed by atoms with Crippen molar-refractivity contribution in [1.82, 2.24) is 0 Å². The van der Waals surface area contributed by atoms with Gasteiger partial charge in [0.05, 0.1) is 11.4 Å². The van der Waals surface area contributed by atoms with Crippen LogP contribution < -0.4 is 11.5 Å². The first-order valence-electron chi connectivity index (χ1n) is 7.63. The molecule has 0 heterocycles. The van der Waals surface area contributed by atoms with E-state index in [1.807, 2.05) is 24.3 Å². The van der Waals surface area contributed by atoms with Crippen LogP contribution in [0.3, 0.4) is 0 Å². The van der Waals surface area contributed by atoms with Crippen molar-refractivity contribution in [2.75, 3.05) is 13.1 Å². The third kappa shape index (κ3) is 4.76. The van der Waals surface area contributed by atoms with Gasteiger partial charge >= 0.3 is 0 Å². The predicted molar refractivity (Wildman–Crippen MR) is 92.1 cm³/mol. The van der Waals surface area contributed by atoms with Crippen molar-refractivity contribution >= 4 is 11.4 Å². The molecule has 22 heavy (non-hydrogen) atoms. The summed E-state index contributed by atoms with van der Waals surface area (Å²) >= 11 is 0. The summed E-state index contributed by atoms with van der Waals surface area (Å²) in [7, 11) is 0. The summed E-state index contributed by atoms with van der Waals surface area (Å²) in [6.45, 7) is 5.40. The Morgan fingerprint density at radius 3 is 1.45 bits per heavy atom. The van der Waals surface area contributed by atoms with E-state index in [0.717, 1.165) is 24.2 Å². The third-order valence-electron chi connectivity index (χ3n) is 3.39. The lowest BCUT2D eigenvalue weighted by atomic mass is 10.1. The van der Waals surface area contributed by atoms with Crippen LogP contribution in [-0.4, -0.2) is 13.1 Å². The molecule has 2 aromatic carbocycles. The minimum absolute atomic E-state index is 0.639. The molecule has 0 unspecified atom stereocenters. The van der Waals surface area contributed by atoms with Gasteiger partial charge in [0.25, 0.3) is 0 Å². The number of aryl methyl sites for hydroxylation is 2. The molecular formula is C18H24N4. The van der Waals surface area contributed by atoms with Crippen molar-refractivity contribution in [2.45, 2.75) is 26.7 Å². The number of nitrogens with zero attached hydrogens (tertiary/aromatic N) is 2. The van der Waals surface area contributed by atoms with Gasteiger partial charge in [-0.1, -0.05) is 12.1 Å². The fourth-order valence-electron chi connectivity index (χ4n) is 2.53. The van der Waals surface area contributed by atoms with Gasteiger partial charge in [-0.05, 0) is 86.3 Å². The summed E-state index contributed by atoms with van der Waals surface area (Å²) < 4.78 is 0. The Balaban J connectivity index is 2.24. The van der Waals surface area contributed by atoms with Crippen LogP contribution in [0.15, 0.2) is 46.6 Å². The maximum atomic E-state index is 5.62. The molecule has 4 N–H and O–H groups in total. The Labute approximate surface area is 132 Å². The van der Waals surface area contributed by atoms with Gasteiger partial charge in [-0.25, -0.2) is 0 Å². The highest BCUT2D eigenvalue weighted by atomic mass is 15.1. The normalized spacial score (nSPS) is 11.3. The fraction of sp³-hybridized carbons (Fsp3) is 0.333.